The molecule has 204 valence electrons. The topological polar surface area (TPSA) is 97.8 Å². The minimum atomic E-state index is -0.506. The van der Waals surface area contributed by atoms with Gasteiger partial charge in [-0.3, -0.25) is 9.69 Å². The van der Waals surface area contributed by atoms with E-state index in [1.807, 2.05) is 50.2 Å². The van der Waals surface area contributed by atoms with E-state index in [4.69, 9.17) is 14.3 Å². The smallest absolute Gasteiger partial charge is 0.343 e. The number of hydrogen-bond donors (Lipinski definition) is 1. The molecule has 0 radical (unpaired) electrons. The SMILES string of the molecule is CCOC(=O)c1cn(-c2ccc(-c3cc4cccc(O)c4o3)cc2)nc1N(C(=O)C1CCC(C)CC1)C(C)C. The van der Waals surface area contributed by atoms with Crippen molar-refractivity contribution in [1.82, 2.24) is 9.78 Å². The van der Waals surface area contributed by atoms with Crippen LogP contribution >= 0.6 is 0 Å². The van der Waals surface area contributed by atoms with Gasteiger partial charge in [0.25, 0.3) is 0 Å². The van der Waals surface area contributed by atoms with Gasteiger partial charge >= 0.3 is 5.97 Å². The zero-order valence-electron chi connectivity index (χ0n) is 22.9. The van der Waals surface area contributed by atoms with Gasteiger partial charge in [0.15, 0.2) is 17.2 Å². The summed E-state index contributed by atoms with van der Waals surface area (Å²) in [5, 5.41) is 15.6. The molecule has 1 amide bonds. The molecule has 2 aromatic heterocycles. The van der Waals surface area contributed by atoms with Crippen molar-refractivity contribution in [1.29, 1.82) is 0 Å². The van der Waals surface area contributed by atoms with E-state index in [0.29, 0.717) is 23.1 Å². The van der Waals surface area contributed by atoms with E-state index in [9.17, 15) is 14.7 Å². The second-order valence-corrected chi connectivity index (χ2v) is 10.6. The number of carbonyl (C=O) groups is 2. The minimum absolute atomic E-state index is 0.0104. The van der Waals surface area contributed by atoms with E-state index in [1.54, 1.807) is 34.8 Å². The number of esters is 1. The molecule has 0 aliphatic heterocycles. The highest BCUT2D eigenvalue weighted by atomic mass is 16.5. The molecule has 8 nitrogen and oxygen atoms in total. The highest BCUT2D eigenvalue weighted by molar-refractivity contribution is 6.02. The van der Waals surface area contributed by atoms with Crippen LogP contribution in [0.1, 0.15) is 63.7 Å². The number of aromatic hydroxyl groups is 1. The van der Waals surface area contributed by atoms with Crippen LogP contribution in [0.15, 0.2) is 59.1 Å². The summed E-state index contributed by atoms with van der Waals surface area (Å²) in [4.78, 5) is 28.4. The fourth-order valence-corrected chi connectivity index (χ4v) is 5.30. The number of anilines is 1. The normalized spacial score (nSPS) is 17.5. The second-order valence-electron chi connectivity index (χ2n) is 10.6. The van der Waals surface area contributed by atoms with E-state index in [-0.39, 0.29) is 35.8 Å². The number of ether oxygens (including phenoxy) is 1. The number of phenols is 1. The summed E-state index contributed by atoms with van der Waals surface area (Å²) in [5.74, 6) is 1.10. The average molecular weight is 530 g/mol. The van der Waals surface area contributed by atoms with Crippen molar-refractivity contribution in [2.45, 2.75) is 59.4 Å². The fourth-order valence-electron chi connectivity index (χ4n) is 5.30. The standard InChI is InChI=1S/C31H35N3O5/c1-5-38-31(37)25-18-33(32-29(25)34(19(2)3)30(36)22-11-9-20(4)10-12-22)24-15-13-21(14-16-24)27-17-23-7-6-8-26(35)28(23)39-27/h6-8,13-20,22,35H,5,9-12H2,1-4H3. The lowest BCUT2D eigenvalue weighted by atomic mass is 9.82. The van der Waals surface area contributed by atoms with Crippen molar-refractivity contribution >= 4 is 28.7 Å². The second kappa shape index (κ2) is 11.0. The largest absolute Gasteiger partial charge is 0.504 e. The number of nitrogens with zero attached hydrogens (tertiary/aromatic N) is 3. The monoisotopic (exact) mass is 529 g/mol. The lowest BCUT2D eigenvalue weighted by Crippen LogP contribution is -2.43. The molecular weight excluding hydrogens is 494 g/mol. The molecule has 2 heterocycles. The van der Waals surface area contributed by atoms with Gasteiger partial charge in [-0.25, -0.2) is 9.48 Å². The van der Waals surface area contributed by atoms with Crippen molar-refractivity contribution in [2.75, 3.05) is 11.5 Å². The highest BCUT2D eigenvalue weighted by Gasteiger charge is 2.34. The minimum Gasteiger partial charge on any atom is -0.504 e. The van der Waals surface area contributed by atoms with Crippen molar-refractivity contribution in [3.8, 4) is 22.8 Å². The molecule has 1 saturated carbocycles. The maximum atomic E-state index is 13.7. The molecular formula is C31H35N3O5. The number of rotatable bonds is 7. The van der Waals surface area contributed by atoms with Crippen LogP contribution in [0.3, 0.4) is 0 Å². The van der Waals surface area contributed by atoms with Crippen LogP contribution in [0.2, 0.25) is 0 Å². The summed E-state index contributed by atoms with van der Waals surface area (Å²) in [6.45, 7) is 8.09. The number of aromatic nitrogens is 2. The molecule has 2 aromatic carbocycles. The van der Waals surface area contributed by atoms with Crippen LogP contribution < -0.4 is 4.90 Å². The van der Waals surface area contributed by atoms with Crippen molar-refractivity contribution in [3.63, 3.8) is 0 Å². The number of phenolic OH excluding ortho intramolecular Hbond substituents is 1. The summed E-state index contributed by atoms with van der Waals surface area (Å²) in [6.07, 6.45) is 5.38. The zero-order valence-corrected chi connectivity index (χ0v) is 22.9. The number of fused-ring (bicyclic) bond motifs is 1. The van der Waals surface area contributed by atoms with Crippen molar-refractivity contribution in [3.05, 3.63) is 60.3 Å². The van der Waals surface area contributed by atoms with Gasteiger partial charge in [0.2, 0.25) is 5.91 Å². The Balaban J connectivity index is 1.49. The molecule has 0 bridgehead atoms. The summed E-state index contributed by atoms with van der Waals surface area (Å²) in [7, 11) is 0. The number of hydrogen-bond acceptors (Lipinski definition) is 6. The number of amides is 1. The molecule has 4 aromatic rings. The Labute approximate surface area is 228 Å². The Morgan fingerprint density at radius 1 is 1.13 bits per heavy atom. The summed E-state index contributed by atoms with van der Waals surface area (Å²) in [6, 6.07) is 14.5. The summed E-state index contributed by atoms with van der Waals surface area (Å²) >= 11 is 0. The van der Waals surface area contributed by atoms with Crippen molar-refractivity contribution < 1.29 is 23.8 Å². The first-order chi connectivity index (χ1) is 18.8. The fraction of sp³-hybridized carbons (Fsp3) is 0.387. The van der Waals surface area contributed by atoms with Crippen LogP contribution in [0.4, 0.5) is 5.82 Å². The molecule has 0 saturated heterocycles. The van der Waals surface area contributed by atoms with Gasteiger partial charge in [0.05, 0.1) is 12.3 Å². The molecule has 8 heteroatoms. The van der Waals surface area contributed by atoms with Crippen LogP contribution in [-0.2, 0) is 9.53 Å². The summed E-state index contributed by atoms with van der Waals surface area (Å²) in [5.41, 5.74) is 2.26. The van der Waals surface area contributed by atoms with Gasteiger partial charge in [0.1, 0.15) is 11.3 Å². The Hall–Kier alpha value is -4.07. The lowest BCUT2D eigenvalue weighted by molar-refractivity contribution is -0.124. The van der Waals surface area contributed by atoms with Crippen LogP contribution in [0.5, 0.6) is 5.75 Å². The van der Waals surface area contributed by atoms with E-state index in [2.05, 4.69) is 6.92 Å². The van der Waals surface area contributed by atoms with Gasteiger partial charge in [0, 0.05) is 29.1 Å². The van der Waals surface area contributed by atoms with Gasteiger partial charge in [-0.2, -0.15) is 0 Å². The van der Waals surface area contributed by atoms with E-state index in [1.165, 1.54) is 0 Å². The van der Waals surface area contributed by atoms with Crippen LogP contribution in [0.25, 0.3) is 28.0 Å². The molecule has 0 unspecified atom stereocenters. The Morgan fingerprint density at radius 2 is 1.85 bits per heavy atom. The van der Waals surface area contributed by atoms with E-state index in [0.717, 1.165) is 42.3 Å². The van der Waals surface area contributed by atoms with Gasteiger partial charge in [-0.05, 0) is 88.8 Å². The first kappa shape index (κ1) is 26.5. The molecule has 0 atom stereocenters. The Morgan fingerprint density at radius 3 is 2.49 bits per heavy atom. The highest BCUT2D eigenvalue weighted by Crippen LogP contribution is 2.35. The quantitative estimate of drug-likeness (QED) is 0.266. The number of furan rings is 1. The molecule has 1 N–H and O–H groups in total. The predicted octanol–water partition coefficient (Wildman–Crippen LogP) is 6.74. The first-order valence-corrected chi connectivity index (χ1v) is 13.7. The van der Waals surface area contributed by atoms with Crippen LogP contribution in [0, 0.1) is 11.8 Å². The molecule has 1 fully saturated rings. The maximum Gasteiger partial charge on any atom is 0.343 e. The Kier molecular flexibility index (Phi) is 7.46. The third-order valence-corrected chi connectivity index (χ3v) is 7.48. The zero-order chi connectivity index (χ0) is 27.7. The third kappa shape index (κ3) is 5.28. The first-order valence-electron chi connectivity index (χ1n) is 13.7. The lowest BCUT2D eigenvalue weighted by Gasteiger charge is -2.32. The molecule has 5 rings (SSSR count). The van der Waals surface area contributed by atoms with Crippen molar-refractivity contribution in [2.24, 2.45) is 11.8 Å². The van der Waals surface area contributed by atoms with Gasteiger partial charge in [-0.15, -0.1) is 5.10 Å². The predicted molar refractivity (Wildman–Crippen MR) is 150 cm³/mol. The summed E-state index contributed by atoms with van der Waals surface area (Å²) < 4.78 is 12.8. The molecule has 39 heavy (non-hydrogen) atoms. The number of para-hydroxylation sites is 1. The Bertz CT molecular complexity index is 1480. The number of benzene rings is 2. The van der Waals surface area contributed by atoms with Gasteiger partial charge < -0.3 is 14.3 Å². The number of carbonyl (C=O) groups excluding carboxylic acids is 2. The average Bonchev–Trinajstić information content (AvgIpc) is 3.55. The van der Waals surface area contributed by atoms with E-state index < -0.39 is 5.97 Å². The van der Waals surface area contributed by atoms with Crippen LogP contribution in [-0.4, -0.2) is 39.4 Å². The third-order valence-electron chi connectivity index (χ3n) is 7.48. The molecule has 0 spiro atoms. The van der Waals surface area contributed by atoms with Gasteiger partial charge in [-0.1, -0.05) is 19.1 Å². The molecule has 1 aliphatic carbocycles. The maximum absolute atomic E-state index is 13.7. The van der Waals surface area contributed by atoms with E-state index >= 15 is 0 Å². The molecule has 1 aliphatic rings.